The number of rotatable bonds is 4. The van der Waals surface area contributed by atoms with Gasteiger partial charge in [0.25, 0.3) is 0 Å². The van der Waals surface area contributed by atoms with Gasteiger partial charge in [-0.15, -0.1) is 0 Å². The fourth-order valence-electron chi connectivity index (χ4n) is 4.58. The smallest absolute Gasteiger partial charge is 0.224 e. The number of carbonyl (C=O) groups is 1. The first kappa shape index (κ1) is 19.3. The predicted molar refractivity (Wildman–Crippen MR) is 124 cm³/mol. The van der Waals surface area contributed by atoms with Crippen molar-refractivity contribution in [2.45, 2.75) is 35.0 Å². The number of hydrogen-bond acceptors (Lipinski definition) is 3. The molecule has 1 saturated heterocycles. The first-order chi connectivity index (χ1) is 14.8. The number of likely N-dealkylation sites (tertiary alicyclic amines) is 1. The van der Waals surface area contributed by atoms with E-state index in [1.165, 1.54) is 26.7 Å². The molecule has 0 atom stereocenters. The molecule has 0 saturated carbocycles. The van der Waals surface area contributed by atoms with Gasteiger partial charge in [-0.3, -0.25) is 4.79 Å². The highest BCUT2D eigenvalue weighted by Crippen LogP contribution is 2.47. The Kier molecular flexibility index (Phi) is 5.50. The molecule has 4 heteroatoms. The third-order valence-corrected chi connectivity index (χ3v) is 7.33. The van der Waals surface area contributed by atoms with Crippen LogP contribution in [0.3, 0.4) is 0 Å². The van der Waals surface area contributed by atoms with E-state index in [2.05, 4.69) is 88.7 Å². The summed E-state index contributed by atoms with van der Waals surface area (Å²) in [7, 11) is 0. The highest BCUT2D eigenvalue weighted by molar-refractivity contribution is 7.99. The molecule has 3 nitrogen and oxygen atoms in total. The zero-order valence-corrected chi connectivity index (χ0v) is 17.9. The number of para-hydroxylation sites is 2. The van der Waals surface area contributed by atoms with Gasteiger partial charge in [-0.05, 0) is 48.6 Å². The maximum atomic E-state index is 13.0. The molecular weight excluding hydrogens is 388 g/mol. The van der Waals surface area contributed by atoms with Crippen molar-refractivity contribution in [1.82, 2.24) is 4.90 Å². The summed E-state index contributed by atoms with van der Waals surface area (Å²) in [6, 6.07) is 27.7. The normalized spacial score (nSPS) is 16.1. The Morgan fingerprint density at radius 3 is 2.00 bits per heavy atom. The second-order valence-corrected chi connectivity index (χ2v) is 9.09. The fraction of sp³-hybridized carbons (Fsp3) is 0.269. The Labute approximate surface area is 182 Å². The van der Waals surface area contributed by atoms with Crippen molar-refractivity contribution in [1.29, 1.82) is 0 Å². The van der Waals surface area contributed by atoms with E-state index in [9.17, 15) is 4.79 Å². The van der Waals surface area contributed by atoms with Gasteiger partial charge >= 0.3 is 0 Å². The Morgan fingerprint density at radius 1 is 0.800 bits per heavy atom. The van der Waals surface area contributed by atoms with Crippen LogP contribution in [0.4, 0.5) is 11.4 Å². The standard InChI is InChI=1S/C26H26N2OS/c29-26(27-17-14-21(15-18-27)20-8-2-1-3-9-20)16-19-28-22-10-4-6-12-24(22)30-25-13-7-5-11-23(25)28/h1-13,21H,14-19H2. The number of benzene rings is 3. The Bertz CT molecular complexity index is 982. The number of fused-ring (bicyclic) bond motifs is 2. The molecule has 2 heterocycles. The molecule has 2 aliphatic heterocycles. The van der Waals surface area contributed by atoms with E-state index in [1.54, 1.807) is 0 Å². The molecule has 1 fully saturated rings. The van der Waals surface area contributed by atoms with Crippen LogP contribution in [-0.2, 0) is 4.79 Å². The highest BCUT2D eigenvalue weighted by atomic mass is 32.2. The van der Waals surface area contributed by atoms with Gasteiger partial charge in [-0.2, -0.15) is 0 Å². The summed E-state index contributed by atoms with van der Waals surface area (Å²) in [5.41, 5.74) is 3.82. The van der Waals surface area contributed by atoms with Gasteiger partial charge in [0, 0.05) is 35.8 Å². The average Bonchev–Trinajstić information content (AvgIpc) is 2.82. The summed E-state index contributed by atoms with van der Waals surface area (Å²) >= 11 is 1.81. The molecule has 5 rings (SSSR count). The van der Waals surface area contributed by atoms with E-state index in [0.717, 1.165) is 25.9 Å². The minimum atomic E-state index is 0.273. The third kappa shape index (κ3) is 3.84. The van der Waals surface area contributed by atoms with Gasteiger partial charge in [0.05, 0.1) is 11.4 Å². The van der Waals surface area contributed by atoms with Crippen molar-refractivity contribution in [2.24, 2.45) is 0 Å². The average molecular weight is 415 g/mol. The van der Waals surface area contributed by atoms with Crippen molar-refractivity contribution in [3.05, 3.63) is 84.4 Å². The van der Waals surface area contributed by atoms with Crippen molar-refractivity contribution in [3.63, 3.8) is 0 Å². The van der Waals surface area contributed by atoms with Crippen LogP contribution in [0.5, 0.6) is 0 Å². The summed E-state index contributed by atoms with van der Waals surface area (Å²) in [4.78, 5) is 19.9. The second kappa shape index (κ2) is 8.57. The molecule has 1 amide bonds. The molecule has 0 aliphatic carbocycles. The Hall–Kier alpha value is -2.72. The second-order valence-electron chi connectivity index (χ2n) is 8.00. The molecular formula is C26H26N2OS. The van der Waals surface area contributed by atoms with Gasteiger partial charge in [-0.1, -0.05) is 66.4 Å². The predicted octanol–water partition coefficient (Wildman–Crippen LogP) is 6.09. The van der Waals surface area contributed by atoms with Crippen LogP contribution < -0.4 is 4.90 Å². The molecule has 152 valence electrons. The molecule has 0 aromatic heterocycles. The van der Waals surface area contributed by atoms with Gasteiger partial charge in [0.2, 0.25) is 5.91 Å². The van der Waals surface area contributed by atoms with Crippen LogP contribution >= 0.6 is 11.8 Å². The number of anilines is 2. The molecule has 0 N–H and O–H groups in total. The van der Waals surface area contributed by atoms with Crippen LogP contribution in [0.1, 0.15) is 30.7 Å². The van der Waals surface area contributed by atoms with Crippen LogP contribution in [0, 0.1) is 0 Å². The zero-order chi connectivity index (χ0) is 20.3. The number of hydrogen-bond donors (Lipinski definition) is 0. The van der Waals surface area contributed by atoms with E-state index in [0.29, 0.717) is 18.9 Å². The molecule has 3 aromatic rings. The van der Waals surface area contributed by atoms with E-state index >= 15 is 0 Å². The number of nitrogens with zero attached hydrogens (tertiary/aromatic N) is 2. The van der Waals surface area contributed by atoms with E-state index < -0.39 is 0 Å². The highest BCUT2D eigenvalue weighted by Gasteiger charge is 2.26. The maximum absolute atomic E-state index is 13.0. The van der Waals surface area contributed by atoms with Crippen LogP contribution in [0.2, 0.25) is 0 Å². The van der Waals surface area contributed by atoms with E-state index in [1.807, 2.05) is 11.8 Å². The Morgan fingerprint density at radius 2 is 1.37 bits per heavy atom. The largest absolute Gasteiger partial charge is 0.343 e. The number of carbonyl (C=O) groups excluding carboxylic acids is 1. The van der Waals surface area contributed by atoms with Gasteiger partial charge in [0.15, 0.2) is 0 Å². The van der Waals surface area contributed by atoms with Gasteiger partial charge in [0.1, 0.15) is 0 Å². The van der Waals surface area contributed by atoms with Crippen LogP contribution in [0.25, 0.3) is 0 Å². The number of amides is 1. The van der Waals surface area contributed by atoms with Crippen LogP contribution in [-0.4, -0.2) is 30.4 Å². The summed E-state index contributed by atoms with van der Waals surface area (Å²) in [6.45, 7) is 2.44. The quantitative estimate of drug-likeness (QED) is 0.516. The minimum absolute atomic E-state index is 0.273. The lowest BCUT2D eigenvalue weighted by Gasteiger charge is -2.35. The van der Waals surface area contributed by atoms with Gasteiger partial charge in [-0.25, -0.2) is 0 Å². The van der Waals surface area contributed by atoms with Crippen molar-refractivity contribution in [3.8, 4) is 0 Å². The maximum Gasteiger partial charge on any atom is 0.224 e. The fourth-order valence-corrected chi connectivity index (χ4v) is 5.67. The summed E-state index contributed by atoms with van der Waals surface area (Å²) in [6.07, 6.45) is 2.66. The van der Waals surface area contributed by atoms with Gasteiger partial charge < -0.3 is 9.80 Å². The minimum Gasteiger partial charge on any atom is -0.343 e. The molecule has 2 aliphatic rings. The molecule has 3 aromatic carbocycles. The third-order valence-electron chi connectivity index (χ3n) is 6.20. The zero-order valence-electron chi connectivity index (χ0n) is 17.0. The molecule has 0 spiro atoms. The molecule has 0 unspecified atom stereocenters. The molecule has 30 heavy (non-hydrogen) atoms. The lowest BCUT2D eigenvalue weighted by Crippen LogP contribution is -2.39. The van der Waals surface area contributed by atoms with Crippen molar-refractivity contribution >= 4 is 29.0 Å². The molecule has 0 radical (unpaired) electrons. The van der Waals surface area contributed by atoms with Crippen LogP contribution in [0.15, 0.2) is 88.7 Å². The summed E-state index contributed by atoms with van der Waals surface area (Å²) in [5.74, 6) is 0.850. The topological polar surface area (TPSA) is 23.6 Å². The lowest BCUT2D eigenvalue weighted by atomic mass is 9.89. The molecule has 0 bridgehead atoms. The Balaban J connectivity index is 1.24. The first-order valence-electron chi connectivity index (χ1n) is 10.8. The first-order valence-corrected chi connectivity index (χ1v) is 11.6. The monoisotopic (exact) mass is 414 g/mol. The number of piperidine rings is 1. The lowest BCUT2D eigenvalue weighted by molar-refractivity contribution is -0.132. The summed E-state index contributed by atoms with van der Waals surface area (Å²) in [5, 5.41) is 0. The van der Waals surface area contributed by atoms with Crippen molar-refractivity contribution in [2.75, 3.05) is 24.5 Å². The van der Waals surface area contributed by atoms with Crippen molar-refractivity contribution < 1.29 is 4.79 Å². The summed E-state index contributed by atoms with van der Waals surface area (Å²) < 4.78 is 0. The van der Waals surface area contributed by atoms with E-state index in [4.69, 9.17) is 0 Å². The SMILES string of the molecule is O=C(CCN1c2ccccc2Sc2ccccc21)N1CCC(c2ccccc2)CC1. The van der Waals surface area contributed by atoms with E-state index in [-0.39, 0.29) is 5.91 Å².